The van der Waals surface area contributed by atoms with Crippen LogP contribution in [0.1, 0.15) is 17.9 Å². The van der Waals surface area contributed by atoms with Gasteiger partial charge in [-0.05, 0) is 24.1 Å². The lowest BCUT2D eigenvalue weighted by Gasteiger charge is -2.15. The van der Waals surface area contributed by atoms with Crippen molar-refractivity contribution in [1.82, 2.24) is 4.90 Å². The molecule has 0 aromatic heterocycles. The Labute approximate surface area is 103 Å². The third-order valence-electron chi connectivity index (χ3n) is 3.03. The molecular formula is C12H12ClF2NO. The Hall–Kier alpha value is -1.16. The van der Waals surface area contributed by atoms with Gasteiger partial charge >= 0.3 is 6.43 Å². The third-order valence-corrected chi connectivity index (χ3v) is 3.28. The van der Waals surface area contributed by atoms with E-state index in [-0.39, 0.29) is 5.92 Å². The van der Waals surface area contributed by atoms with Crippen LogP contribution in [-0.4, -0.2) is 30.3 Å². The smallest absolute Gasteiger partial charge is 0.315 e. The molecule has 0 saturated carbocycles. The Kier molecular flexibility index (Phi) is 3.62. The van der Waals surface area contributed by atoms with Gasteiger partial charge in [0.1, 0.15) is 0 Å². The molecule has 5 heteroatoms. The van der Waals surface area contributed by atoms with Crippen LogP contribution < -0.4 is 0 Å². The molecule has 1 amide bonds. The van der Waals surface area contributed by atoms with E-state index in [1.54, 1.807) is 12.1 Å². The number of hydrogen-bond donors (Lipinski definition) is 0. The number of likely N-dealkylation sites (tertiary alicyclic amines) is 1. The van der Waals surface area contributed by atoms with Crippen molar-refractivity contribution in [2.45, 2.75) is 18.8 Å². The van der Waals surface area contributed by atoms with Crippen LogP contribution in [0.15, 0.2) is 24.3 Å². The molecule has 0 aliphatic carbocycles. The highest BCUT2D eigenvalue weighted by Gasteiger charge is 2.31. The molecule has 1 atom stereocenters. The van der Waals surface area contributed by atoms with Gasteiger partial charge in [-0.1, -0.05) is 23.7 Å². The molecule has 1 saturated heterocycles. The quantitative estimate of drug-likeness (QED) is 0.800. The van der Waals surface area contributed by atoms with E-state index in [2.05, 4.69) is 0 Å². The van der Waals surface area contributed by atoms with Crippen LogP contribution >= 0.6 is 11.6 Å². The van der Waals surface area contributed by atoms with Gasteiger partial charge in [0.2, 0.25) is 0 Å². The SMILES string of the molecule is O=C(C(F)F)N1CCC(c2ccc(Cl)cc2)C1. The molecule has 1 aliphatic heterocycles. The van der Waals surface area contributed by atoms with Gasteiger partial charge in [-0.15, -0.1) is 0 Å². The van der Waals surface area contributed by atoms with Gasteiger partial charge in [0.25, 0.3) is 5.91 Å². The molecule has 0 spiro atoms. The van der Waals surface area contributed by atoms with E-state index >= 15 is 0 Å². The summed E-state index contributed by atoms with van der Waals surface area (Å²) in [5.41, 5.74) is 1.04. The molecule has 1 aromatic rings. The molecule has 1 aliphatic rings. The second-order valence-electron chi connectivity index (χ2n) is 4.12. The lowest BCUT2D eigenvalue weighted by molar-refractivity contribution is -0.141. The first-order chi connectivity index (χ1) is 8.08. The number of halogens is 3. The van der Waals surface area contributed by atoms with Gasteiger partial charge in [0.05, 0.1) is 0 Å². The summed E-state index contributed by atoms with van der Waals surface area (Å²) < 4.78 is 24.5. The summed E-state index contributed by atoms with van der Waals surface area (Å²) in [5, 5.41) is 0.646. The standard InChI is InChI=1S/C12H12ClF2NO/c13-10-3-1-8(2-4-10)9-5-6-16(7-9)12(17)11(14)15/h1-4,9,11H,5-7H2. The van der Waals surface area contributed by atoms with Crippen LogP contribution in [-0.2, 0) is 4.79 Å². The van der Waals surface area contributed by atoms with Crippen LogP contribution in [0.4, 0.5) is 8.78 Å². The minimum Gasteiger partial charge on any atom is -0.337 e. The van der Waals surface area contributed by atoms with Crippen LogP contribution in [0.5, 0.6) is 0 Å². The Bertz CT molecular complexity index is 407. The number of alkyl halides is 2. The second-order valence-corrected chi connectivity index (χ2v) is 4.56. The molecule has 0 radical (unpaired) electrons. The number of benzene rings is 1. The average Bonchev–Trinajstić information content (AvgIpc) is 2.78. The number of rotatable bonds is 2. The van der Waals surface area contributed by atoms with E-state index in [1.165, 1.54) is 4.90 Å². The Balaban J connectivity index is 2.03. The maximum absolute atomic E-state index is 12.3. The van der Waals surface area contributed by atoms with E-state index in [4.69, 9.17) is 11.6 Å². The zero-order chi connectivity index (χ0) is 12.4. The summed E-state index contributed by atoms with van der Waals surface area (Å²) in [6, 6.07) is 7.30. The Morgan fingerprint density at radius 2 is 2.00 bits per heavy atom. The summed E-state index contributed by atoms with van der Waals surface area (Å²) in [4.78, 5) is 12.4. The average molecular weight is 260 g/mol. The van der Waals surface area contributed by atoms with Crippen molar-refractivity contribution in [2.24, 2.45) is 0 Å². The van der Waals surface area contributed by atoms with Crippen LogP contribution in [0.25, 0.3) is 0 Å². The number of amides is 1. The summed E-state index contributed by atoms with van der Waals surface area (Å²) in [6.45, 7) is 0.765. The molecule has 0 N–H and O–H groups in total. The predicted octanol–water partition coefficient (Wildman–Crippen LogP) is 2.92. The van der Waals surface area contributed by atoms with Crippen molar-refractivity contribution in [3.8, 4) is 0 Å². The van der Waals surface area contributed by atoms with Gasteiger partial charge in [0.15, 0.2) is 0 Å². The molecule has 17 heavy (non-hydrogen) atoms. The number of nitrogens with zero attached hydrogens (tertiary/aromatic N) is 1. The lowest BCUT2D eigenvalue weighted by Crippen LogP contribution is -2.33. The first-order valence-corrected chi connectivity index (χ1v) is 5.78. The van der Waals surface area contributed by atoms with Gasteiger partial charge in [-0.25, -0.2) is 0 Å². The number of hydrogen-bond acceptors (Lipinski definition) is 1. The fourth-order valence-corrected chi connectivity index (χ4v) is 2.23. The lowest BCUT2D eigenvalue weighted by atomic mass is 9.99. The largest absolute Gasteiger partial charge is 0.337 e. The Morgan fingerprint density at radius 1 is 1.35 bits per heavy atom. The summed E-state index contributed by atoms with van der Waals surface area (Å²) >= 11 is 5.78. The minimum atomic E-state index is -2.90. The zero-order valence-electron chi connectivity index (χ0n) is 9.07. The van der Waals surface area contributed by atoms with E-state index in [0.717, 1.165) is 12.0 Å². The van der Waals surface area contributed by atoms with Gasteiger partial charge in [-0.3, -0.25) is 4.79 Å². The molecule has 1 fully saturated rings. The fraction of sp³-hybridized carbons (Fsp3) is 0.417. The highest BCUT2D eigenvalue weighted by Crippen LogP contribution is 2.28. The van der Waals surface area contributed by atoms with Gasteiger partial charge < -0.3 is 4.90 Å². The maximum Gasteiger partial charge on any atom is 0.315 e. The van der Waals surface area contributed by atoms with Crippen molar-refractivity contribution < 1.29 is 13.6 Å². The van der Waals surface area contributed by atoms with Crippen LogP contribution in [0, 0.1) is 0 Å². The molecule has 1 aromatic carbocycles. The molecule has 2 nitrogen and oxygen atoms in total. The van der Waals surface area contributed by atoms with Crippen molar-refractivity contribution in [2.75, 3.05) is 13.1 Å². The highest BCUT2D eigenvalue weighted by atomic mass is 35.5. The van der Waals surface area contributed by atoms with E-state index in [0.29, 0.717) is 18.1 Å². The summed E-state index contributed by atoms with van der Waals surface area (Å²) in [5.74, 6) is -0.934. The number of carbonyl (C=O) groups excluding carboxylic acids is 1. The molecule has 1 unspecified atom stereocenters. The van der Waals surface area contributed by atoms with Crippen molar-refractivity contribution in [3.63, 3.8) is 0 Å². The van der Waals surface area contributed by atoms with Crippen molar-refractivity contribution >= 4 is 17.5 Å². The summed E-state index contributed by atoms with van der Waals surface area (Å²) in [7, 11) is 0. The van der Waals surface area contributed by atoms with E-state index in [9.17, 15) is 13.6 Å². The first-order valence-electron chi connectivity index (χ1n) is 5.40. The van der Waals surface area contributed by atoms with Crippen LogP contribution in [0.2, 0.25) is 5.02 Å². The summed E-state index contributed by atoms with van der Waals surface area (Å²) in [6.07, 6.45) is -2.18. The van der Waals surface area contributed by atoms with E-state index in [1.807, 2.05) is 12.1 Å². The molecule has 2 rings (SSSR count). The third kappa shape index (κ3) is 2.75. The Morgan fingerprint density at radius 3 is 2.59 bits per heavy atom. The fourth-order valence-electron chi connectivity index (χ4n) is 2.11. The molecule has 1 heterocycles. The normalized spacial score (nSPS) is 20.0. The highest BCUT2D eigenvalue weighted by molar-refractivity contribution is 6.30. The topological polar surface area (TPSA) is 20.3 Å². The van der Waals surface area contributed by atoms with Gasteiger partial charge in [-0.2, -0.15) is 8.78 Å². The minimum absolute atomic E-state index is 0.134. The zero-order valence-corrected chi connectivity index (χ0v) is 9.83. The predicted molar refractivity (Wildman–Crippen MR) is 61.4 cm³/mol. The molecule has 92 valence electrons. The number of carbonyl (C=O) groups is 1. The molecule has 0 bridgehead atoms. The van der Waals surface area contributed by atoms with Crippen molar-refractivity contribution in [3.05, 3.63) is 34.9 Å². The van der Waals surface area contributed by atoms with Crippen molar-refractivity contribution in [1.29, 1.82) is 0 Å². The van der Waals surface area contributed by atoms with Gasteiger partial charge in [0, 0.05) is 24.0 Å². The monoisotopic (exact) mass is 259 g/mol. The first kappa shape index (κ1) is 12.3. The second kappa shape index (κ2) is 5.00. The van der Waals surface area contributed by atoms with Crippen LogP contribution in [0.3, 0.4) is 0 Å². The molecular weight excluding hydrogens is 248 g/mol. The maximum atomic E-state index is 12.3. The van der Waals surface area contributed by atoms with E-state index < -0.39 is 12.3 Å².